The second-order valence-electron chi connectivity index (χ2n) is 3.44. The number of benzene rings is 1. The van der Waals surface area contributed by atoms with Crippen LogP contribution in [-0.2, 0) is 10.0 Å². The van der Waals surface area contributed by atoms with Gasteiger partial charge in [0.25, 0.3) is 0 Å². The van der Waals surface area contributed by atoms with E-state index in [2.05, 4.69) is 10.0 Å². The van der Waals surface area contributed by atoms with Gasteiger partial charge in [0.05, 0.1) is 5.02 Å². The lowest BCUT2D eigenvalue weighted by atomic mass is 10.2. The summed E-state index contributed by atoms with van der Waals surface area (Å²) < 4.78 is 26.2. The van der Waals surface area contributed by atoms with E-state index in [1.54, 1.807) is 25.2 Å². The predicted octanol–water partition coefficient (Wildman–Crippen LogP) is 1.57. The highest BCUT2D eigenvalue weighted by Crippen LogP contribution is 2.21. The largest absolute Gasteiger partial charge is 0.318 e. The van der Waals surface area contributed by atoms with Crippen LogP contribution in [-0.4, -0.2) is 28.6 Å². The summed E-state index contributed by atoms with van der Waals surface area (Å²) in [7, 11) is -1.75. The van der Waals surface area contributed by atoms with E-state index in [1.807, 2.05) is 6.92 Å². The molecule has 0 fully saturated rings. The fourth-order valence-corrected chi connectivity index (χ4v) is 2.82. The number of halogens is 2. The fourth-order valence-electron chi connectivity index (χ4n) is 1.20. The minimum Gasteiger partial charge on any atom is -0.318 e. The van der Waals surface area contributed by atoms with E-state index in [0.717, 1.165) is 5.56 Å². The standard InChI is InChI=1S/C10H15ClN2O2S.ClH/c1-8-3-4-9(11)10(7-8)16(14,15)13-6-5-12-2;/h3-4,7,12-13H,5-6H2,1-2H3;1H. The van der Waals surface area contributed by atoms with Gasteiger partial charge in [-0.3, -0.25) is 0 Å². The Bertz CT molecular complexity index is 463. The van der Waals surface area contributed by atoms with Crippen molar-refractivity contribution in [1.29, 1.82) is 0 Å². The molecule has 1 rings (SSSR count). The summed E-state index contributed by atoms with van der Waals surface area (Å²) in [6.07, 6.45) is 0. The first-order chi connectivity index (χ1) is 7.47. The van der Waals surface area contributed by atoms with Gasteiger partial charge in [-0.2, -0.15) is 0 Å². The molecule has 0 spiro atoms. The second kappa shape index (κ2) is 7.18. The molecular formula is C10H16Cl2N2O2S. The van der Waals surface area contributed by atoms with E-state index in [4.69, 9.17) is 11.6 Å². The van der Waals surface area contributed by atoms with Gasteiger partial charge in [0.2, 0.25) is 10.0 Å². The van der Waals surface area contributed by atoms with Gasteiger partial charge >= 0.3 is 0 Å². The highest BCUT2D eigenvalue weighted by atomic mass is 35.5. The van der Waals surface area contributed by atoms with Gasteiger partial charge < -0.3 is 5.32 Å². The highest BCUT2D eigenvalue weighted by molar-refractivity contribution is 7.89. The van der Waals surface area contributed by atoms with Crippen LogP contribution in [0, 0.1) is 6.92 Å². The van der Waals surface area contributed by atoms with Gasteiger partial charge in [0.1, 0.15) is 4.90 Å². The quantitative estimate of drug-likeness (QED) is 0.811. The van der Waals surface area contributed by atoms with Crippen LogP contribution in [0.4, 0.5) is 0 Å². The zero-order valence-electron chi connectivity index (χ0n) is 9.66. The lowest BCUT2D eigenvalue weighted by Crippen LogP contribution is -2.30. The van der Waals surface area contributed by atoms with E-state index in [0.29, 0.717) is 13.1 Å². The fraction of sp³-hybridized carbons (Fsp3) is 0.400. The first-order valence-corrected chi connectivity index (χ1v) is 6.74. The topological polar surface area (TPSA) is 58.2 Å². The molecule has 0 radical (unpaired) electrons. The van der Waals surface area contributed by atoms with Crippen LogP contribution in [0.15, 0.2) is 23.1 Å². The van der Waals surface area contributed by atoms with Crippen LogP contribution in [0.1, 0.15) is 5.56 Å². The average molecular weight is 299 g/mol. The molecule has 0 bridgehead atoms. The van der Waals surface area contributed by atoms with Crippen LogP contribution in [0.5, 0.6) is 0 Å². The monoisotopic (exact) mass is 298 g/mol. The molecule has 7 heteroatoms. The first kappa shape index (κ1) is 16.7. The van der Waals surface area contributed by atoms with E-state index in [-0.39, 0.29) is 22.3 Å². The molecule has 0 heterocycles. The van der Waals surface area contributed by atoms with E-state index < -0.39 is 10.0 Å². The van der Waals surface area contributed by atoms with Crippen LogP contribution < -0.4 is 10.0 Å². The maximum Gasteiger partial charge on any atom is 0.242 e. The van der Waals surface area contributed by atoms with E-state index in [9.17, 15) is 8.42 Å². The molecule has 0 saturated heterocycles. The highest BCUT2D eigenvalue weighted by Gasteiger charge is 2.16. The second-order valence-corrected chi connectivity index (χ2v) is 5.58. The molecule has 0 aliphatic heterocycles. The molecule has 0 saturated carbocycles. The number of sulfonamides is 1. The lowest BCUT2D eigenvalue weighted by Gasteiger charge is -2.08. The van der Waals surface area contributed by atoms with Gasteiger partial charge in [-0.15, -0.1) is 12.4 Å². The average Bonchev–Trinajstić information content (AvgIpc) is 2.22. The van der Waals surface area contributed by atoms with Crippen molar-refractivity contribution in [3.05, 3.63) is 28.8 Å². The van der Waals surface area contributed by atoms with Crippen molar-refractivity contribution < 1.29 is 8.42 Å². The zero-order valence-corrected chi connectivity index (χ0v) is 12.0. The Balaban J connectivity index is 0.00000256. The molecule has 0 aromatic heterocycles. The van der Waals surface area contributed by atoms with Crippen LogP contribution in [0.25, 0.3) is 0 Å². The molecule has 2 N–H and O–H groups in total. The Morgan fingerprint density at radius 3 is 2.53 bits per heavy atom. The normalized spacial score (nSPS) is 11.0. The number of aryl methyl sites for hydroxylation is 1. The van der Waals surface area contributed by atoms with Crippen molar-refractivity contribution in [3.63, 3.8) is 0 Å². The third-order valence-electron chi connectivity index (χ3n) is 2.04. The summed E-state index contributed by atoms with van der Waals surface area (Å²) in [6, 6.07) is 4.92. The number of nitrogens with one attached hydrogen (secondary N) is 2. The summed E-state index contributed by atoms with van der Waals surface area (Å²) in [5, 5.41) is 3.10. The zero-order chi connectivity index (χ0) is 12.2. The van der Waals surface area contributed by atoms with Crippen molar-refractivity contribution >= 4 is 34.0 Å². The van der Waals surface area contributed by atoms with Crippen LogP contribution in [0.3, 0.4) is 0 Å². The third kappa shape index (κ3) is 4.81. The molecule has 0 aliphatic rings. The Morgan fingerprint density at radius 1 is 1.29 bits per heavy atom. The summed E-state index contributed by atoms with van der Waals surface area (Å²) in [5.74, 6) is 0. The van der Waals surface area contributed by atoms with E-state index >= 15 is 0 Å². The minimum absolute atomic E-state index is 0. The number of likely N-dealkylation sites (N-methyl/N-ethyl adjacent to an activating group) is 1. The summed E-state index contributed by atoms with van der Waals surface area (Å²) in [4.78, 5) is 0.130. The SMILES string of the molecule is CNCCNS(=O)(=O)c1cc(C)ccc1Cl.Cl. The van der Waals surface area contributed by atoms with Crippen LogP contribution in [0.2, 0.25) is 5.02 Å². The van der Waals surface area contributed by atoms with Gasteiger partial charge in [0, 0.05) is 13.1 Å². The van der Waals surface area contributed by atoms with Crippen molar-refractivity contribution in [1.82, 2.24) is 10.0 Å². The summed E-state index contributed by atoms with van der Waals surface area (Å²) >= 11 is 5.86. The Labute approximate surface area is 113 Å². The molecule has 1 aromatic rings. The van der Waals surface area contributed by atoms with E-state index in [1.165, 1.54) is 0 Å². The Hall–Kier alpha value is -0.330. The molecule has 0 atom stereocenters. The maximum atomic E-state index is 11.9. The van der Waals surface area contributed by atoms with Gasteiger partial charge in [0.15, 0.2) is 0 Å². The molecule has 1 aromatic carbocycles. The van der Waals surface area contributed by atoms with Crippen molar-refractivity contribution in [2.24, 2.45) is 0 Å². The smallest absolute Gasteiger partial charge is 0.242 e. The Morgan fingerprint density at radius 2 is 1.94 bits per heavy atom. The number of hydrogen-bond acceptors (Lipinski definition) is 3. The van der Waals surface area contributed by atoms with Crippen LogP contribution >= 0.6 is 24.0 Å². The third-order valence-corrected chi connectivity index (χ3v) is 3.99. The molecule has 4 nitrogen and oxygen atoms in total. The minimum atomic E-state index is -3.51. The predicted molar refractivity (Wildman–Crippen MR) is 72.6 cm³/mol. The molecule has 17 heavy (non-hydrogen) atoms. The summed E-state index contributed by atoms with van der Waals surface area (Å²) in [6.45, 7) is 2.73. The van der Waals surface area contributed by atoms with Gasteiger partial charge in [-0.05, 0) is 31.7 Å². The Kier molecular flexibility index (Phi) is 7.04. The van der Waals surface area contributed by atoms with Crippen molar-refractivity contribution in [2.75, 3.05) is 20.1 Å². The molecule has 0 amide bonds. The molecule has 0 unspecified atom stereocenters. The number of rotatable bonds is 5. The first-order valence-electron chi connectivity index (χ1n) is 4.88. The molecule has 98 valence electrons. The lowest BCUT2D eigenvalue weighted by molar-refractivity contribution is 0.579. The van der Waals surface area contributed by atoms with Crippen molar-refractivity contribution in [2.45, 2.75) is 11.8 Å². The molecular weight excluding hydrogens is 283 g/mol. The van der Waals surface area contributed by atoms with Gasteiger partial charge in [-0.1, -0.05) is 17.7 Å². The number of hydrogen-bond donors (Lipinski definition) is 2. The van der Waals surface area contributed by atoms with Crippen molar-refractivity contribution in [3.8, 4) is 0 Å². The van der Waals surface area contributed by atoms with Gasteiger partial charge in [-0.25, -0.2) is 13.1 Å². The maximum absolute atomic E-state index is 11.9. The summed E-state index contributed by atoms with van der Waals surface area (Å²) in [5.41, 5.74) is 0.860. The molecule has 0 aliphatic carbocycles.